The first kappa shape index (κ1) is 15.5. The number of halogens is 1. The van der Waals surface area contributed by atoms with Crippen molar-refractivity contribution in [3.05, 3.63) is 52.0 Å². The Morgan fingerprint density at radius 2 is 2.10 bits per heavy atom. The van der Waals surface area contributed by atoms with E-state index in [1.54, 1.807) is 43.5 Å². The van der Waals surface area contributed by atoms with Crippen molar-refractivity contribution in [3.8, 4) is 11.8 Å². The van der Waals surface area contributed by atoms with Gasteiger partial charge in [0.15, 0.2) is 0 Å². The van der Waals surface area contributed by atoms with Crippen LogP contribution in [0.4, 0.5) is 5.69 Å². The maximum Gasteiger partial charge on any atom is 0.123 e. The van der Waals surface area contributed by atoms with Crippen LogP contribution >= 0.6 is 15.9 Å². The van der Waals surface area contributed by atoms with Crippen molar-refractivity contribution in [3.63, 3.8) is 0 Å². The fourth-order valence-electron chi connectivity index (χ4n) is 1.89. The van der Waals surface area contributed by atoms with Gasteiger partial charge in [0.25, 0.3) is 0 Å². The summed E-state index contributed by atoms with van der Waals surface area (Å²) in [5.74, 6) is 0.843. The summed E-state index contributed by atoms with van der Waals surface area (Å²) in [5.41, 5.74) is 7.57. The number of methoxy groups -OCH3 is 1. The highest BCUT2D eigenvalue weighted by Gasteiger charge is 2.13. The van der Waals surface area contributed by atoms with Gasteiger partial charge in [0, 0.05) is 15.7 Å². The lowest BCUT2D eigenvalue weighted by Crippen LogP contribution is -2.03. The number of ether oxygens (including phenoxy) is 1. The SMILES string of the molecule is COc1ccc(C#N)cc1CS(=O)c1cc(Br)ccc1N. The van der Waals surface area contributed by atoms with Crippen LogP contribution in [0.25, 0.3) is 0 Å². The number of nitrogens with zero attached hydrogens (tertiary/aromatic N) is 1. The van der Waals surface area contributed by atoms with E-state index < -0.39 is 10.8 Å². The molecule has 0 spiro atoms. The highest BCUT2D eigenvalue weighted by Crippen LogP contribution is 2.27. The summed E-state index contributed by atoms with van der Waals surface area (Å²) in [6.45, 7) is 0. The first-order chi connectivity index (χ1) is 10.0. The van der Waals surface area contributed by atoms with Crippen molar-refractivity contribution in [1.82, 2.24) is 0 Å². The van der Waals surface area contributed by atoms with Crippen molar-refractivity contribution in [2.24, 2.45) is 0 Å². The van der Waals surface area contributed by atoms with E-state index in [4.69, 9.17) is 15.7 Å². The van der Waals surface area contributed by atoms with Gasteiger partial charge >= 0.3 is 0 Å². The Morgan fingerprint density at radius 3 is 2.76 bits per heavy atom. The van der Waals surface area contributed by atoms with Crippen LogP contribution in [0.15, 0.2) is 45.8 Å². The summed E-state index contributed by atoms with van der Waals surface area (Å²) < 4.78 is 18.6. The molecular weight excluding hydrogens is 352 g/mol. The monoisotopic (exact) mass is 364 g/mol. The third kappa shape index (κ3) is 3.63. The summed E-state index contributed by atoms with van der Waals surface area (Å²) in [7, 11) is 0.220. The Balaban J connectivity index is 2.35. The highest BCUT2D eigenvalue weighted by molar-refractivity contribution is 9.10. The fourth-order valence-corrected chi connectivity index (χ4v) is 3.65. The second-order valence-corrected chi connectivity index (χ2v) is 6.65. The molecule has 0 fully saturated rings. The molecule has 21 heavy (non-hydrogen) atoms. The van der Waals surface area contributed by atoms with Crippen LogP contribution in [0.2, 0.25) is 0 Å². The molecule has 0 radical (unpaired) electrons. The van der Waals surface area contributed by atoms with Gasteiger partial charge in [-0.2, -0.15) is 5.26 Å². The number of rotatable bonds is 4. The van der Waals surface area contributed by atoms with Crippen LogP contribution in [0.1, 0.15) is 11.1 Å². The van der Waals surface area contributed by atoms with E-state index >= 15 is 0 Å². The Hall–Kier alpha value is -1.84. The van der Waals surface area contributed by atoms with Gasteiger partial charge in [-0.15, -0.1) is 0 Å². The zero-order valence-corrected chi connectivity index (χ0v) is 13.7. The number of hydrogen-bond acceptors (Lipinski definition) is 4. The Labute approximate surface area is 134 Å². The normalized spacial score (nSPS) is 11.7. The minimum absolute atomic E-state index is 0.235. The van der Waals surface area contributed by atoms with E-state index in [0.29, 0.717) is 27.5 Å². The van der Waals surface area contributed by atoms with Gasteiger partial charge in [-0.3, -0.25) is 4.21 Å². The average molecular weight is 365 g/mol. The molecule has 0 bridgehead atoms. The van der Waals surface area contributed by atoms with Gasteiger partial charge in [-0.1, -0.05) is 15.9 Å². The molecule has 0 heterocycles. The number of hydrogen-bond donors (Lipinski definition) is 1. The molecule has 0 aliphatic heterocycles. The van der Waals surface area contributed by atoms with Crippen LogP contribution < -0.4 is 10.5 Å². The Kier molecular flexibility index (Phi) is 4.99. The van der Waals surface area contributed by atoms with Crippen molar-refractivity contribution < 1.29 is 8.95 Å². The first-order valence-corrected chi connectivity index (χ1v) is 8.16. The van der Waals surface area contributed by atoms with E-state index in [-0.39, 0.29) is 5.75 Å². The fraction of sp³-hybridized carbons (Fsp3) is 0.133. The molecule has 2 N–H and O–H groups in total. The van der Waals surface area contributed by atoms with Crippen molar-refractivity contribution in [2.75, 3.05) is 12.8 Å². The highest BCUT2D eigenvalue weighted by atomic mass is 79.9. The smallest absolute Gasteiger partial charge is 0.123 e. The maximum absolute atomic E-state index is 12.5. The number of benzene rings is 2. The summed E-state index contributed by atoms with van der Waals surface area (Å²) in [6, 6.07) is 12.4. The number of nitriles is 1. The molecule has 0 aliphatic rings. The van der Waals surface area contributed by atoms with E-state index in [2.05, 4.69) is 22.0 Å². The van der Waals surface area contributed by atoms with Crippen LogP contribution in [-0.2, 0) is 16.6 Å². The maximum atomic E-state index is 12.5. The largest absolute Gasteiger partial charge is 0.496 e. The lowest BCUT2D eigenvalue weighted by molar-refractivity contribution is 0.411. The van der Waals surface area contributed by atoms with Crippen molar-refractivity contribution in [1.29, 1.82) is 5.26 Å². The van der Waals surface area contributed by atoms with E-state index in [9.17, 15) is 4.21 Å². The van der Waals surface area contributed by atoms with Crippen LogP contribution in [0, 0.1) is 11.3 Å². The van der Waals surface area contributed by atoms with Crippen molar-refractivity contribution >= 4 is 32.4 Å². The van der Waals surface area contributed by atoms with E-state index in [1.807, 2.05) is 0 Å². The van der Waals surface area contributed by atoms with Gasteiger partial charge in [0.1, 0.15) is 5.75 Å². The number of nitrogens with two attached hydrogens (primary N) is 1. The third-order valence-electron chi connectivity index (χ3n) is 2.92. The first-order valence-electron chi connectivity index (χ1n) is 6.05. The molecule has 2 aromatic rings. The number of anilines is 1. The Morgan fingerprint density at radius 1 is 1.33 bits per heavy atom. The Bertz CT molecular complexity index is 741. The van der Waals surface area contributed by atoms with Gasteiger partial charge < -0.3 is 10.5 Å². The predicted octanol–water partition coefficient (Wildman–Crippen LogP) is 3.22. The molecule has 6 heteroatoms. The van der Waals surface area contributed by atoms with Gasteiger partial charge in [-0.05, 0) is 36.4 Å². The molecule has 1 unspecified atom stereocenters. The van der Waals surface area contributed by atoms with Gasteiger partial charge in [-0.25, -0.2) is 0 Å². The molecule has 0 aromatic heterocycles. The van der Waals surface area contributed by atoms with Crippen LogP contribution in [0.3, 0.4) is 0 Å². The average Bonchev–Trinajstić information content (AvgIpc) is 2.49. The van der Waals surface area contributed by atoms with E-state index in [0.717, 1.165) is 4.47 Å². The molecule has 108 valence electrons. The number of nitrogen functional groups attached to an aromatic ring is 1. The lowest BCUT2D eigenvalue weighted by Gasteiger charge is -2.10. The zero-order valence-electron chi connectivity index (χ0n) is 11.3. The summed E-state index contributed by atoms with van der Waals surface area (Å²) >= 11 is 3.34. The van der Waals surface area contributed by atoms with Crippen molar-refractivity contribution in [2.45, 2.75) is 10.6 Å². The quantitative estimate of drug-likeness (QED) is 0.844. The molecule has 0 amide bonds. The second-order valence-electron chi connectivity index (χ2n) is 4.31. The zero-order chi connectivity index (χ0) is 15.4. The minimum Gasteiger partial charge on any atom is -0.496 e. The third-order valence-corrected chi connectivity index (χ3v) is 4.83. The summed E-state index contributed by atoms with van der Waals surface area (Å²) in [6.07, 6.45) is 0. The summed E-state index contributed by atoms with van der Waals surface area (Å²) in [4.78, 5) is 0.564. The predicted molar refractivity (Wildman–Crippen MR) is 86.4 cm³/mol. The van der Waals surface area contributed by atoms with E-state index in [1.165, 1.54) is 0 Å². The topological polar surface area (TPSA) is 76.1 Å². The second kappa shape index (κ2) is 6.74. The van der Waals surface area contributed by atoms with Crippen LogP contribution in [-0.4, -0.2) is 11.3 Å². The summed E-state index contributed by atoms with van der Waals surface area (Å²) in [5, 5.41) is 8.96. The van der Waals surface area contributed by atoms with Gasteiger partial charge in [0.2, 0.25) is 0 Å². The lowest BCUT2D eigenvalue weighted by atomic mass is 10.1. The minimum atomic E-state index is -1.32. The molecule has 1 atom stereocenters. The van der Waals surface area contributed by atoms with Gasteiger partial charge in [0.05, 0.1) is 40.2 Å². The molecule has 2 aromatic carbocycles. The molecule has 0 aliphatic carbocycles. The molecule has 2 rings (SSSR count). The molecular formula is C15H13BrN2O2S. The van der Waals surface area contributed by atoms with Crippen LogP contribution in [0.5, 0.6) is 5.75 Å². The molecule has 0 saturated heterocycles. The molecule has 0 saturated carbocycles. The molecule has 4 nitrogen and oxygen atoms in total. The standard InChI is InChI=1S/C15H13BrN2O2S/c1-20-14-5-2-10(8-17)6-11(14)9-21(19)15-7-12(16)3-4-13(15)18/h2-7H,9,18H2,1H3.